The maximum Gasteiger partial charge on any atom is 0.122 e. The third-order valence-corrected chi connectivity index (χ3v) is 1.82. The Morgan fingerprint density at radius 2 is 2.21 bits per heavy atom. The van der Waals surface area contributed by atoms with E-state index in [2.05, 4.69) is 6.58 Å². The number of para-hydroxylation sites is 1. The molecule has 1 aromatic rings. The van der Waals surface area contributed by atoms with Gasteiger partial charge in [0.2, 0.25) is 0 Å². The molecule has 1 N–H and O–H groups in total. The van der Waals surface area contributed by atoms with Crippen LogP contribution in [-0.2, 0) is 6.42 Å². The lowest BCUT2D eigenvalue weighted by atomic mass is 10.1. The minimum atomic E-state index is -0.438. The first-order chi connectivity index (χ1) is 6.74. The second kappa shape index (κ2) is 5.45. The Bertz CT molecular complexity index is 292. The molecule has 0 amide bonds. The molecular formula is C12H16O2. The first-order valence-corrected chi connectivity index (χ1v) is 4.73. The van der Waals surface area contributed by atoms with E-state index < -0.39 is 6.10 Å². The highest BCUT2D eigenvalue weighted by atomic mass is 16.5. The maximum absolute atomic E-state index is 9.09. The molecular weight excluding hydrogens is 176 g/mol. The van der Waals surface area contributed by atoms with Crippen molar-refractivity contribution in [3.8, 4) is 5.75 Å². The second-order valence-electron chi connectivity index (χ2n) is 3.26. The summed E-state index contributed by atoms with van der Waals surface area (Å²) in [6.45, 7) is 5.72. The molecule has 76 valence electrons. The summed E-state index contributed by atoms with van der Waals surface area (Å²) >= 11 is 0. The molecule has 0 bridgehead atoms. The number of ether oxygens (including phenoxy) is 1. The highest BCUT2D eigenvalue weighted by molar-refractivity contribution is 5.34. The Hall–Kier alpha value is -1.28. The third-order valence-electron chi connectivity index (χ3n) is 1.82. The number of aliphatic hydroxyl groups is 1. The van der Waals surface area contributed by atoms with Gasteiger partial charge >= 0.3 is 0 Å². The van der Waals surface area contributed by atoms with Gasteiger partial charge < -0.3 is 9.84 Å². The molecule has 1 aromatic carbocycles. The number of aliphatic hydroxyl groups excluding tert-OH is 1. The minimum Gasteiger partial charge on any atom is -0.491 e. The molecule has 0 aliphatic carbocycles. The maximum atomic E-state index is 9.09. The van der Waals surface area contributed by atoms with E-state index >= 15 is 0 Å². The van der Waals surface area contributed by atoms with Gasteiger partial charge in [-0.3, -0.25) is 0 Å². The smallest absolute Gasteiger partial charge is 0.122 e. The van der Waals surface area contributed by atoms with Crippen molar-refractivity contribution in [1.82, 2.24) is 0 Å². The average Bonchev–Trinajstić information content (AvgIpc) is 2.17. The quantitative estimate of drug-likeness (QED) is 0.724. The van der Waals surface area contributed by atoms with Crippen LogP contribution in [0.15, 0.2) is 36.9 Å². The van der Waals surface area contributed by atoms with Crippen LogP contribution in [0.3, 0.4) is 0 Å². The summed E-state index contributed by atoms with van der Waals surface area (Å²) in [5.74, 6) is 0.827. The van der Waals surface area contributed by atoms with E-state index in [4.69, 9.17) is 9.84 Å². The molecule has 1 atom stereocenters. The van der Waals surface area contributed by atoms with Crippen molar-refractivity contribution in [3.05, 3.63) is 42.5 Å². The average molecular weight is 192 g/mol. The van der Waals surface area contributed by atoms with Crippen LogP contribution in [0.2, 0.25) is 0 Å². The van der Waals surface area contributed by atoms with Gasteiger partial charge in [0, 0.05) is 0 Å². The minimum absolute atomic E-state index is 0.328. The molecule has 0 aliphatic rings. The summed E-state index contributed by atoms with van der Waals surface area (Å²) in [5.41, 5.74) is 1.10. The van der Waals surface area contributed by atoms with Gasteiger partial charge in [-0.05, 0) is 25.0 Å². The largest absolute Gasteiger partial charge is 0.491 e. The number of benzene rings is 1. The molecule has 0 unspecified atom stereocenters. The number of hydrogen-bond donors (Lipinski definition) is 1. The van der Waals surface area contributed by atoms with E-state index in [-0.39, 0.29) is 0 Å². The molecule has 0 fully saturated rings. The number of rotatable bonds is 5. The highest BCUT2D eigenvalue weighted by Crippen LogP contribution is 2.18. The van der Waals surface area contributed by atoms with Crippen molar-refractivity contribution < 1.29 is 9.84 Å². The predicted molar refractivity (Wildman–Crippen MR) is 57.5 cm³/mol. The van der Waals surface area contributed by atoms with Crippen molar-refractivity contribution in [2.45, 2.75) is 19.4 Å². The molecule has 0 saturated carbocycles. The van der Waals surface area contributed by atoms with E-state index in [0.717, 1.165) is 17.7 Å². The zero-order valence-corrected chi connectivity index (χ0v) is 8.44. The Kier molecular flexibility index (Phi) is 4.20. The zero-order valence-electron chi connectivity index (χ0n) is 8.44. The van der Waals surface area contributed by atoms with Gasteiger partial charge in [-0.15, -0.1) is 6.58 Å². The van der Waals surface area contributed by atoms with Crippen LogP contribution < -0.4 is 4.74 Å². The normalized spacial score (nSPS) is 12.1. The Morgan fingerprint density at radius 3 is 2.86 bits per heavy atom. The summed E-state index contributed by atoms with van der Waals surface area (Å²) in [6, 6.07) is 7.79. The van der Waals surface area contributed by atoms with Crippen LogP contribution in [0.25, 0.3) is 0 Å². The second-order valence-corrected chi connectivity index (χ2v) is 3.26. The van der Waals surface area contributed by atoms with Crippen molar-refractivity contribution >= 4 is 0 Å². The van der Waals surface area contributed by atoms with Gasteiger partial charge in [0.15, 0.2) is 0 Å². The van der Waals surface area contributed by atoms with E-state index in [9.17, 15) is 0 Å². The van der Waals surface area contributed by atoms with Crippen LogP contribution in [0.5, 0.6) is 5.75 Å². The van der Waals surface area contributed by atoms with Gasteiger partial charge in [0.25, 0.3) is 0 Å². The van der Waals surface area contributed by atoms with E-state index in [1.54, 1.807) is 6.92 Å². The lowest BCUT2D eigenvalue weighted by molar-refractivity contribution is 0.122. The van der Waals surface area contributed by atoms with Crippen LogP contribution in [0.1, 0.15) is 12.5 Å². The van der Waals surface area contributed by atoms with Crippen LogP contribution in [-0.4, -0.2) is 17.8 Å². The van der Waals surface area contributed by atoms with Crippen molar-refractivity contribution in [3.63, 3.8) is 0 Å². The summed E-state index contributed by atoms with van der Waals surface area (Å²) in [4.78, 5) is 0. The fourth-order valence-electron chi connectivity index (χ4n) is 1.18. The van der Waals surface area contributed by atoms with Crippen LogP contribution >= 0.6 is 0 Å². The summed E-state index contributed by atoms with van der Waals surface area (Å²) in [7, 11) is 0. The Labute approximate surface area is 84.8 Å². The summed E-state index contributed by atoms with van der Waals surface area (Å²) in [5, 5.41) is 9.09. The van der Waals surface area contributed by atoms with E-state index in [0.29, 0.717) is 6.61 Å². The van der Waals surface area contributed by atoms with Gasteiger partial charge in [-0.2, -0.15) is 0 Å². The molecule has 2 heteroatoms. The molecule has 0 radical (unpaired) electrons. The first kappa shape index (κ1) is 10.8. The molecule has 0 heterocycles. The molecule has 2 nitrogen and oxygen atoms in total. The zero-order chi connectivity index (χ0) is 10.4. The van der Waals surface area contributed by atoms with Crippen molar-refractivity contribution in [1.29, 1.82) is 0 Å². The van der Waals surface area contributed by atoms with Gasteiger partial charge in [-0.1, -0.05) is 24.3 Å². The van der Waals surface area contributed by atoms with E-state index in [1.165, 1.54) is 0 Å². The third kappa shape index (κ3) is 3.23. The molecule has 0 saturated heterocycles. The van der Waals surface area contributed by atoms with Crippen molar-refractivity contribution in [2.24, 2.45) is 0 Å². The fourth-order valence-corrected chi connectivity index (χ4v) is 1.18. The van der Waals surface area contributed by atoms with Crippen molar-refractivity contribution in [2.75, 3.05) is 6.61 Å². The molecule has 0 aliphatic heterocycles. The lowest BCUT2D eigenvalue weighted by Crippen LogP contribution is -2.13. The highest BCUT2D eigenvalue weighted by Gasteiger charge is 2.02. The Balaban J connectivity index is 2.68. The van der Waals surface area contributed by atoms with Crippen LogP contribution in [0, 0.1) is 0 Å². The number of allylic oxidation sites excluding steroid dienone is 1. The fraction of sp³-hybridized carbons (Fsp3) is 0.333. The first-order valence-electron chi connectivity index (χ1n) is 4.73. The SMILES string of the molecule is C=CCc1ccccc1OC[C@H](C)O. The summed E-state index contributed by atoms with van der Waals surface area (Å²) < 4.78 is 5.45. The molecule has 14 heavy (non-hydrogen) atoms. The lowest BCUT2D eigenvalue weighted by Gasteiger charge is -2.11. The standard InChI is InChI=1S/C12H16O2/c1-3-6-11-7-4-5-8-12(11)14-9-10(2)13/h3-5,7-8,10,13H,1,6,9H2,2H3/t10-/m0/s1. The monoisotopic (exact) mass is 192 g/mol. The summed E-state index contributed by atoms with van der Waals surface area (Å²) in [6.07, 6.45) is 2.19. The topological polar surface area (TPSA) is 29.5 Å². The number of hydrogen-bond acceptors (Lipinski definition) is 2. The Morgan fingerprint density at radius 1 is 1.50 bits per heavy atom. The van der Waals surface area contributed by atoms with E-state index in [1.807, 2.05) is 30.3 Å². The molecule has 1 rings (SSSR count). The van der Waals surface area contributed by atoms with Gasteiger partial charge in [-0.25, -0.2) is 0 Å². The van der Waals surface area contributed by atoms with Crippen LogP contribution in [0.4, 0.5) is 0 Å². The van der Waals surface area contributed by atoms with Gasteiger partial charge in [0.05, 0.1) is 6.10 Å². The van der Waals surface area contributed by atoms with Gasteiger partial charge in [0.1, 0.15) is 12.4 Å². The molecule has 0 aromatic heterocycles. The predicted octanol–water partition coefficient (Wildman–Crippen LogP) is 2.17. The molecule has 0 spiro atoms.